The van der Waals surface area contributed by atoms with E-state index in [0.29, 0.717) is 0 Å². The van der Waals surface area contributed by atoms with Crippen LogP contribution in [0.25, 0.3) is 0 Å². The van der Waals surface area contributed by atoms with E-state index in [2.05, 4.69) is 6.58 Å². The Kier molecular flexibility index (Phi) is 11.4. The van der Waals surface area contributed by atoms with Crippen LogP contribution in [-0.4, -0.2) is 23.4 Å². The molecular formula is C16H29NO. The van der Waals surface area contributed by atoms with Crippen LogP contribution >= 0.6 is 0 Å². The third kappa shape index (κ3) is 5.85. The fourth-order valence-corrected chi connectivity index (χ4v) is 1.54. The zero-order chi connectivity index (χ0) is 14.7. The summed E-state index contributed by atoms with van der Waals surface area (Å²) in [7, 11) is 0. The van der Waals surface area contributed by atoms with Gasteiger partial charge in [0.25, 0.3) is 5.91 Å². The van der Waals surface area contributed by atoms with Gasteiger partial charge in [-0.15, -0.1) is 0 Å². The van der Waals surface area contributed by atoms with E-state index in [1.165, 1.54) is 0 Å². The third-order valence-electron chi connectivity index (χ3n) is 2.60. The second-order valence-corrected chi connectivity index (χ2v) is 3.97. The Morgan fingerprint density at radius 1 is 1.33 bits per heavy atom. The van der Waals surface area contributed by atoms with Gasteiger partial charge in [0.1, 0.15) is 0 Å². The highest BCUT2D eigenvalue weighted by atomic mass is 16.2. The second kappa shape index (κ2) is 10.8. The Labute approximate surface area is 113 Å². The second-order valence-electron chi connectivity index (χ2n) is 3.97. The molecule has 0 aromatic heterocycles. The van der Waals surface area contributed by atoms with Crippen molar-refractivity contribution in [3.63, 3.8) is 0 Å². The van der Waals surface area contributed by atoms with Crippen molar-refractivity contribution in [1.29, 1.82) is 0 Å². The smallest absolute Gasteiger partial charge is 0.254 e. The Bertz CT molecular complexity index is 311. The lowest BCUT2D eigenvalue weighted by Crippen LogP contribution is -2.37. The lowest BCUT2D eigenvalue weighted by atomic mass is 10.0. The van der Waals surface area contributed by atoms with E-state index in [1.807, 2.05) is 59.4 Å². The zero-order valence-electron chi connectivity index (χ0n) is 13.1. The molecule has 0 bridgehead atoms. The zero-order valence-corrected chi connectivity index (χ0v) is 13.1. The molecule has 0 aliphatic rings. The van der Waals surface area contributed by atoms with Crippen molar-refractivity contribution >= 4 is 5.91 Å². The van der Waals surface area contributed by atoms with Gasteiger partial charge in [-0.2, -0.15) is 0 Å². The van der Waals surface area contributed by atoms with Gasteiger partial charge in [-0.1, -0.05) is 32.6 Å². The minimum absolute atomic E-state index is 0.0769. The molecule has 18 heavy (non-hydrogen) atoms. The van der Waals surface area contributed by atoms with E-state index in [-0.39, 0.29) is 11.9 Å². The quantitative estimate of drug-likeness (QED) is 0.525. The van der Waals surface area contributed by atoms with Crippen LogP contribution in [0.1, 0.15) is 48.5 Å². The van der Waals surface area contributed by atoms with Gasteiger partial charge in [-0.05, 0) is 46.3 Å². The van der Waals surface area contributed by atoms with Gasteiger partial charge < -0.3 is 4.90 Å². The van der Waals surface area contributed by atoms with Crippen molar-refractivity contribution in [3.05, 3.63) is 36.0 Å². The maximum absolute atomic E-state index is 12.3. The topological polar surface area (TPSA) is 20.3 Å². The Morgan fingerprint density at radius 2 is 1.83 bits per heavy atom. The summed E-state index contributed by atoms with van der Waals surface area (Å²) in [5.41, 5.74) is 1.72. The summed E-state index contributed by atoms with van der Waals surface area (Å²) in [6.07, 6.45) is 5.39. The number of carbonyl (C=O) groups is 1. The molecule has 2 nitrogen and oxygen atoms in total. The highest BCUT2D eigenvalue weighted by Gasteiger charge is 2.19. The van der Waals surface area contributed by atoms with Gasteiger partial charge in [-0.25, -0.2) is 0 Å². The molecule has 0 aromatic carbocycles. The highest BCUT2D eigenvalue weighted by molar-refractivity contribution is 5.98. The first-order valence-electron chi connectivity index (χ1n) is 6.76. The average molecular weight is 251 g/mol. The van der Waals surface area contributed by atoms with Crippen molar-refractivity contribution in [1.82, 2.24) is 4.90 Å². The van der Waals surface area contributed by atoms with Crippen molar-refractivity contribution in [2.45, 2.75) is 54.5 Å². The maximum Gasteiger partial charge on any atom is 0.254 e. The fraction of sp³-hybridized carbons (Fsp3) is 0.562. The molecule has 104 valence electrons. The SMILES string of the molecule is C=C/C=C(C(=O)N(CC)C(C)C)\C(C)=C/C.CC. The predicted octanol–water partition coefficient (Wildman–Crippen LogP) is 4.35. The van der Waals surface area contributed by atoms with E-state index < -0.39 is 0 Å². The van der Waals surface area contributed by atoms with Crippen LogP contribution < -0.4 is 0 Å². The third-order valence-corrected chi connectivity index (χ3v) is 2.60. The maximum atomic E-state index is 12.3. The molecule has 0 spiro atoms. The van der Waals surface area contributed by atoms with Gasteiger partial charge in [0.05, 0.1) is 0 Å². The molecule has 0 atom stereocenters. The number of amides is 1. The highest BCUT2D eigenvalue weighted by Crippen LogP contribution is 2.14. The summed E-state index contributed by atoms with van der Waals surface area (Å²) >= 11 is 0. The molecule has 0 saturated heterocycles. The molecule has 0 rings (SSSR count). The van der Waals surface area contributed by atoms with E-state index >= 15 is 0 Å². The summed E-state index contributed by atoms with van der Waals surface area (Å²) in [6.45, 7) is 18.3. The molecule has 0 heterocycles. The standard InChI is InChI=1S/C14H23NO.C2H6/c1-7-10-13(12(6)8-2)14(16)15(9-3)11(4)5;1-2/h7-8,10-11H,1,9H2,2-6H3;1-2H3/b12-8-,13-10+;. The van der Waals surface area contributed by atoms with Gasteiger partial charge in [0, 0.05) is 18.2 Å². The monoisotopic (exact) mass is 251 g/mol. The largest absolute Gasteiger partial charge is 0.336 e. The first-order valence-corrected chi connectivity index (χ1v) is 6.76. The minimum atomic E-state index is 0.0769. The first kappa shape index (κ1) is 19.0. The number of allylic oxidation sites excluding steroid dienone is 3. The molecule has 0 aromatic rings. The van der Waals surface area contributed by atoms with E-state index in [0.717, 1.165) is 17.7 Å². The molecule has 0 radical (unpaired) electrons. The van der Waals surface area contributed by atoms with Crippen LogP contribution in [0, 0.1) is 0 Å². The Morgan fingerprint density at radius 3 is 2.11 bits per heavy atom. The van der Waals surface area contributed by atoms with Crippen molar-refractivity contribution in [2.24, 2.45) is 0 Å². The van der Waals surface area contributed by atoms with E-state index in [1.54, 1.807) is 12.2 Å². The molecule has 0 unspecified atom stereocenters. The number of hydrogen-bond acceptors (Lipinski definition) is 1. The van der Waals surface area contributed by atoms with Gasteiger partial charge in [-0.3, -0.25) is 4.79 Å². The van der Waals surface area contributed by atoms with Crippen LogP contribution in [0.2, 0.25) is 0 Å². The van der Waals surface area contributed by atoms with Gasteiger partial charge in [0.15, 0.2) is 0 Å². The molecule has 2 heteroatoms. The Hall–Kier alpha value is -1.31. The molecule has 0 saturated carbocycles. The molecule has 1 amide bonds. The van der Waals surface area contributed by atoms with E-state index in [9.17, 15) is 4.79 Å². The first-order chi connectivity index (χ1) is 8.49. The average Bonchev–Trinajstić information content (AvgIpc) is 2.37. The van der Waals surface area contributed by atoms with Crippen molar-refractivity contribution < 1.29 is 4.79 Å². The number of hydrogen-bond donors (Lipinski definition) is 0. The Balaban J connectivity index is 0. The lowest BCUT2D eigenvalue weighted by Gasteiger charge is -2.26. The van der Waals surface area contributed by atoms with Gasteiger partial charge in [0.2, 0.25) is 0 Å². The van der Waals surface area contributed by atoms with Crippen LogP contribution in [0.3, 0.4) is 0 Å². The van der Waals surface area contributed by atoms with Gasteiger partial charge >= 0.3 is 0 Å². The number of carbonyl (C=O) groups excluding carboxylic acids is 1. The van der Waals surface area contributed by atoms with Crippen molar-refractivity contribution in [3.8, 4) is 0 Å². The molecule has 0 N–H and O–H groups in total. The summed E-state index contributed by atoms with van der Waals surface area (Å²) in [6, 6.07) is 0.218. The van der Waals surface area contributed by atoms with Crippen LogP contribution in [0.15, 0.2) is 36.0 Å². The lowest BCUT2D eigenvalue weighted by molar-refractivity contribution is -0.128. The van der Waals surface area contributed by atoms with Crippen LogP contribution in [0.5, 0.6) is 0 Å². The van der Waals surface area contributed by atoms with E-state index in [4.69, 9.17) is 0 Å². The molecule has 0 aliphatic heterocycles. The molecule has 0 fully saturated rings. The molecule has 0 aliphatic carbocycles. The summed E-state index contributed by atoms with van der Waals surface area (Å²) in [5.74, 6) is 0.0769. The fourth-order valence-electron chi connectivity index (χ4n) is 1.54. The summed E-state index contributed by atoms with van der Waals surface area (Å²) < 4.78 is 0. The van der Waals surface area contributed by atoms with Crippen LogP contribution in [0.4, 0.5) is 0 Å². The predicted molar refractivity (Wildman–Crippen MR) is 81.6 cm³/mol. The summed E-state index contributed by atoms with van der Waals surface area (Å²) in [5, 5.41) is 0. The minimum Gasteiger partial charge on any atom is -0.336 e. The number of rotatable bonds is 5. The van der Waals surface area contributed by atoms with Crippen molar-refractivity contribution in [2.75, 3.05) is 6.54 Å². The number of nitrogens with zero attached hydrogens (tertiary/aromatic N) is 1. The summed E-state index contributed by atoms with van der Waals surface area (Å²) in [4.78, 5) is 14.1. The molecular weight excluding hydrogens is 222 g/mol. The number of likely N-dealkylation sites (N-methyl/N-ethyl adjacent to an activating group) is 1. The van der Waals surface area contributed by atoms with Crippen LogP contribution in [-0.2, 0) is 4.79 Å². The normalized spacial score (nSPS) is 11.8.